The Morgan fingerprint density at radius 2 is 1.96 bits per heavy atom. The van der Waals surface area contributed by atoms with Crippen LogP contribution in [0.25, 0.3) is 0 Å². The van der Waals surface area contributed by atoms with Crippen molar-refractivity contribution in [3.63, 3.8) is 0 Å². The maximum Gasteiger partial charge on any atom is 0.323 e. The molecule has 2 aromatic carbocycles. The molecule has 1 saturated heterocycles. The zero-order chi connectivity index (χ0) is 17.1. The molecule has 0 aromatic heterocycles. The summed E-state index contributed by atoms with van der Waals surface area (Å²) in [5.41, 5.74) is 3.05. The molecule has 2 N–H and O–H groups in total. The van der Waals surface area contributed by atoms with Crippen molar-refractivity contribution >= 4 is 40.6 Å². The van der Waals surface area contributed by atoms with E-state index in [0.29, 0.717) is 22.8 Å². The van der Waals surface area contributed by atoms with Crippen molar-refractivity contribution in [1.29, 1.82) is 0 Å². The summed E-state index contributed by atoms with van der Waals surface area (Å²) >= 11 is 6.02. The Hall–Kier alpha value is -2.53. The monoisotopic (exact) mass is 343 g/mol. The Kier molecular flexibility index (Phi) is 4.71. The number of aryl methyl sites for hydroxylation is 1. The highest BCUT2D eigenvalue weighted by molar-refractivity contribution is 6.33. The number of anilines is 3. The van der Waals surface area contributed by atoms with Crippen molar-refractivity contribution in [3.05, 3.63) is 53.1 Å². The summed E-state index contributed by atoms with van der Waals surface area (Å²) in [6.45, 7) is 2.68. The second-order valence-corrected chi connectivity index (χ2v) is 6.12. The number of amides is 3. The average Bonchev–Trinajstić information content (AvgIpc) is 2.96. The fourth-order valence-electron chi connectivity index (χ4n) is 2.79. The molecule has 0 atom stereocenters. The minimum atomic E-state index is -0.368. The van der Waals surface area contributed by atoms with Crippen LogP contribution in [0.15, 0.2) is 42.5 Å². The minimum absolute atomic E-state index is 0.148. The van der Waals surface area contributed by atoms with Gasteiger partial charge in [0.25, 0.3) is 0 Å². The quantitative estimate of drug-likeness (QED) is 0.866. The van der Waals surface area contributed by atoms with Crippen LogP contribution < -0.4 is 15.5 Å². The van der Waals surface area contributed by atoms with Crippen molar-refractivity contribution in [2.45, 2.75) is 19.8 Å². The van der Waals surface area contributed by atoms with Gasteiger partial charge in [0, 0.05) is 24.3 Å². The average molecular weight is 344 g/mol. The Bertz CT molecular complexity index is 792. The number of carbonyl (C=O) groups is 2. The van der Waals surface area contributed by atoms with Gasteiger partial charge in [-0.05, 0) is 49.2 Å². The van der Waals surface area contributed by atoms with Gasteiger partial charge in [-0.2, -0.15) is 0 Å². The third kappa shape index (κ3) is 3.51. The van der Waals surface area contributed by atoms with Crippen LogP contribution in [0.5, 0.6) is 0 Å². The molecule has 0 saturated carbocycles. The molecular weight excluding hydrogens is 326 g/mol. The van der Waals surface area contributed by atoms with Crippen molar-refractivity contribution in [3.8, 4) is 0 Å². The Balaban J connectivity index is 1.69. The number of nitrogens with zero attached hydrogens (tertiary/aromatic N) is 1. The summed E-state index contributed by atoms with van der Waals surface area (Å²) < 4.78 is 0. The third-order valence-corrected chi connectivity index (χ3v) is 4.27. The second-order valence-electron chi connectivity index (χ2n) is 5.71. The van der Waals surface area contributed by atoms with Crippen LogP contribution >= 0.6 is 11.6 Å². The van der Waals surface area contributed by atoms with Crippen LogP contribution in [-0.4, -0.2) is 18.5 Å². The van der Waals surface area contributed by atoms with E-state index in [1.54, 1.807) is 35.2 Å². The predicted octanol–water partition coefficient (Wildman–Crippen LogP) is 4.42. The molecule has 0 radical (unpaired) electrons. The van der Waals surface area contributed by atoms with Crippen LogP contribution in [-0.2, 0) is 4.79 Å². The van der Waals surface area contributed by atoms with Crippen LogP contribution in [0.2, 0.25) is 5.02 Å². The summed E-state index contributed by atoms with van der Waals surface area (Å²) in [5.74, 6) is 0.148. The molecule has 6 heteroatoms. The third-order valence-electron chi connectivity index (χ3n) is 3.94. The molecule has 1 aliphatic heterocycles. The van der Waals surface area contributed by atoms with Crippen LogP contribution in [0.1, 0.15) is 18.4 Å². The van der Waals surface area contributed by atoms with E-state index in [9.17, 15) is 9.59 Å². The number of urea groups is 1. The van der Waals surface area contributed by atoms with Crippen LogP contribution in [0.3, 0.4) is 0 Å². The van der Waals surface area contributed by atoms with Gasteiger partial charge in [-0.1, -0.05) is 23.7 Å². The van der Waals surface area contributed by atoms with Crippen LogP contribution in [0.4, 0.5) is 21.9 Å². The maximum absolute atomic E-state index is 12.1. The number of nitrogens with one attached hydrogen (secondary N) is 2. The SMILES string of the molecule is Cc1cc(NC(=O)Nc2ccccc2Cl)ccc1N1CCCC1=O. The molecule has 2 aromatic rings. The highest BCUT2D eigenvalue weighted by atomic mass is 35.5. The highest BCUT2D eigenvalue weighted by Crippen LogP contribution is 2.27. The van der Waals surface area contributed by atoms with Gasteiger partial charge in [0.2, 0.25) is 5.91 Å². The topological polar surface area (TPSA) is 61.4 Å². The number of para-hydroxylation sites is 1. The second kappa shape index (κ2) is 6.93. The molecule has 0 aliphatic carbocycles. The summed E-state index contributed by atoms with van der Waals surface area (Å²) in [6, 6.07) is 12.2. The van der Waals surface area contributed by atoms with E-state index in [1.807, 2.05) is 19.1 Å². The van der Waals surface area contributed by atoms with E-state index in [4.69, 9.17) is 11.6 Å². The van der Waals surface area contributed by atoms with Gasteiger partial charge < -0.3 is 15.5 Å². The number of hydrogen-bond acceptors (Lipinski definition) is 2. The van der Waals surface area contributed by atoms with Gasteiger partial charge in [-0.15, -0.1) is 0 Å². The zero-order valence-electron chi connectivity index (χ0n) is 13.3. The molecule has 0 bridgehead atoms. The molecule has 24 heavy (non-hydrogen) atoms. The highest BCUT2D eigenvalue weighted by Gasteiger charge is 2.23. The molecule has 1 fully saturated rings. The molecule has 0 unspecified atom stereocenters. The Labute approximate surface area is 145 Å². The van der Waals surface area contributed by atoms with E-state index >= 15 is 0 Å². The van der Waals surface area contributed by atoms with E-state index in [1.165, 1.54) is 0 Å². The van der Waals surface area contributed by atoms with Gasteiger partial charge in [0.05, 0.1) is 10.7 Å². The lowest BCUT2D eigenvalue weighted by atomic mass is 10.1. The fraction of sp³-hybridized carbons (Fsp3) is 0.222. The lowest BCUT2D eigenvalue weighted by molar-refractivity contribution is -0.117. The first-order chi connectivity index (χ1) is 11.5. The molecule has 3 rings (SSSR count). The first kappa shape index (κ1) is 16.3. The zero-order valence-corrected chi connectivity index (χ0v) is 14.1. The van der Waals surface area contributed by atoms with E-state index in [-0.39, 0.29) is 11.9 Å². The van der Waals surface area contributed by atoms with E-state index in [2.05, 4.69) is 10.6 Å². The summed E-state index contributed by atoms with van der Waals surface area (Å²) in [7, 11) is 0. The molecule has 3 amide bonds. The first-order valence-corrected chi connectivity index (χ1v) is 8.16. The molecule has 124 valence electrons. The van der Waals surface area contributed by atoms with Crippen molar-refractivity contribution < 1.29 is 9.59 Å². The summed E-state index contributed by atoms with van der Waals surface area (Å²) in [4.78, 5) is 25.7. The molecule has 0 spiro atoms. The lowest BCUT2D eigenvalue weighted by Gasteiger charge is -2.19. The van der Waals surface area contributed by atoms with Gasteiger partial charge in [0.1, 0.15) is 0 Å². The van der Waals surface area contributed by atoms with Crippen molar-refractivity contribution in [1.82, 2.24) is 0 Å². The first-order valence-electron chi connectivity index (χ1n) is 7.78. The molecular formula is C18H18ClN3O2. The number of rotatable bonds is 3. The minimum Gasteiger partial charge on any atom is -0.312 e. The van der Waals surface area contributed by atoms with Crippen molar-refractivity contribution in [2.24, 2.45) is 0 Å². The van der Waals surface area contributed by atoms with Gasteiger partial charge >= 0.3 is 6.03 Å². The van der Waals surface area contributed by atoms with Crippen LogP contribution in [0, 0.1) is 6.92 Å². The number of halogens is 1. The summed E-state index contributed by atoms with van der Waals surface area (Å²) in [6.07, 6.45) is 1.48. The molecule has 1 heterocycles. The molecule has 1 aliphatic rings. The Morgan fingerprint density at radius 3 is 2.62 bits per heavy atom. The van der Waals surface area contributed by atoms with Crippen molar-refractivity contribution in [2.75, 3.05) is 22.1 Å². The van der Waals surface area contributed by atoms with Gasteiger partial charge in [-0.25, -0.2) is 4.79 Å². The maximum atomic E-state index is 12.1. The number of carbonyl (C=O) groups excluding carboxylic acids is 2. The largest absolute Gasteiger partial charge is 0.323 e. The number of hydrogen-bond donors (Lipinski definition) is 2. The van der Waals surface area contributed by atoms with E-state index < -0.39 is 0 Å². The smallest absolute Gasteiger partial charge is 0.312 e. The normalized spacial score (nSPS) is 13.9. The number of benzene rings is 2. The Morgan fingerprint density at radius 1 is 1.17 bits per heavy atom. The lowest BCUT2D eigenvalue weighted by Crippen LogP contribution is -2.24. The summed E-state index contributed by atoms with van der Waals surface area (Å²) in [5, 5.41) is 5.96. The van der Waals surface area contributed by atoms with Gasteiger partial charge in [-0.3, -0.25) is 4.79 Å². The predicted molar refractivity (Wildman–Crippen MR) is 96.9 cm³/mol. The molecule has 5 nitrogen and oxygen atoms in total. The van der Waals surface area contributed by atoms with E-state index in [0.717, 1.165) is 24.2 Å². The van der Waals surface area contributed by atoms with Gasteiger partial charge in [0.15, 0.2) is 0 Å². The fourth-order valence-corrected chi connectivity index (χ4v) is 2.97. The standard InChI is InChI=1S/C18H18ClN3O2/c1-12-11-13(8-9-16(12)22-10-4-7-17(22)23)20-18(24)21-15-6-3-2-5-14(15)19/h2-3,5-6,8-9,11H,4,7,10H2,1H3,(H2,20,21,24).